The van der Waals surface area contributed by atoms with Gasteiger partial charge in [0.15, 0.2) is 0 Å². The number of amides is 1. The lowest BCUT2D eigenvalue weighted by Crippen LogP contribution is -2.14. The molecule has 2 rings (SSSR count). The molecule has 20 heavy (non-hydrogen) atoms. The van der Waals surface area contributed by atoms with Gasteiger partial charge in [0.2, 0.25) is 11.7 Å². The van der Waals surface area contributed by atoms with Gasteiger partial charge in [-0.25, -0.2) is 0 Å². The smallest absolute Gasteiger partial charge is 0.221 e. The summed E-state index contributed by atoms with van der Waals surface area (Å²) in [7, 11) is 0. The van der Waals surface area contributed by atoms with E-state index in [2.05, 4.69) is 0 Å². The molecule has 2 N–H and O–H groups in total. The highest BCUT2D eigenvalue weighted by atomic mass is 16.1. The summed E-state index contributed by atoms with van der Waals surface area (Å²) in [5.74, 6) is -0.416. The molecule has 1 amide bonds. The number of rotatable bonds is 5. The lowest BCUT2D eigenvalue weighted by Gasteiger charge is -2.07. The molecule has 0 atom stereocenters. The fraction of sp³-hybridized carbons (Fsp3) is 0.250. The minimum Gasteiger partial charge on any atom is -0.369 e. The Kier molecular flexibility index (Phi) is 4.03. The first-order valence-corrected chi connectivity index (χ1v) is 6.61. The number of nitrogens with two attached hydrogens (primary N) is 1. The normalized spacial score (nSPS) is 10.5. The van der Waals surface area contributed by atoms with E-state index in [1.807, 2.05) is 42.8 Å². The minimum absolute atomic E-state index is 0.0272. The van der Waals surface area contributed by atoms with E-state index in [-0.39, 0.29) is 18.1 Å². The highest BCUT2D eigenvalue weighted by Crippen LogP contribution is 2.21. The second-order valence-electron chi connectivity index (χ2n) is 4.75. The molecule has 0 aliphatic rings. The molecule has 0 unspecified atom stereocenters. The average Bonchev–Trinajstić information content (AvgIpc) is 2.75. The summed E-state index contributed by atoms with van der Waals surface area (Å²) in [6.45, 7) is 4.50. The number of aryl methyl sites for hydroxylation is 1. The molecule has 0 spiro atoms. The fourth-order valence-electron chi connectivity index (χ4n) is 2.36. The average molecular weight is 270 g/mol. The maximum absolute atomic E-state index is 12.6. The van der Waals surface area contributed by atoms with Crippen LogP contribution in [0.25, 0.3) is 0 Å². The standard InChI is InChI=1S/C16H18N2O2/c1-3-18-10-13(9-14(17)19)11(2)15(18)16(20)12-7-5-4-6-8-12/h4-8,10H,3,9H2,1-2H3,(H2,17,19). The van der Waals surface area contributed by atoms with Crippen LogP contribution in [0.5, 0.6) is 0 Å². The molecule has 0 fully saturated rings. The topological polar surface area (TPSA) is 65.1 Å². The van der Waals surface area contributed by atoms with Gasteiger partial charge in [0.1, 0.15) is 0 Å². The van der Waals surface area contributed by atoms with Crippen molar-refractivity contribution in [3.63, 3.8) is 0 Å². The van der Waals surface area contributed by atoms with Crippen molar-refractivity contribution < 1.29 is 9.59 Å². The lowest BCUT2D eigenvalue weighted by molar-refractivity contribution is -0.117. The van der Waals surface area contributed by atoms with Gasteiger partial charge >= 0.3 is 0 Å². The number of carbonyl (C=O) groups is 2. The quantitative estimate of drug-likeness (QED) is 0.845. The molecule has 1 heterocycles. The van der Waals surface area contributed by atoms with Crippen molar-refractivity contribution in [2.75, 3.05) is 0 Å². The molecule has 0 bridgehead atoms. The summed E-state index contributed by atoms with van der Waals surface area (Å²) in [5.41, 5.74) is 8.18. The Morgan fingerprint density at radius 3 is 2.40 bits per heavy atom. The zero-order valence-electron chi connectivity index (χ0n) is 11.7. The van der Waals surface area contributed by atoms with Crippen LogP contribution in [0, 0.1) is 6.92 Å². The minimum atomic E-state index is -0.389. The lowest BCUT2D eigenvalue weighted by atomic mass is 10.0. The van der Waals surface area contributed by atoms with Crippen LogP contribution >= 0.6 is 0 Å². The number of benzene rings is 1. The zero-order chi connectivity index (χ0) is 14.7. The Morgan fingerprint density at radius 2 is 1.85 bits per heavy atom. The van der Waals surface area contributed by atoms with E-state index in [1.165, 1.54) is 0 Å². The second-order valence-corrected chi connectivity index (χ2v) is 4.75. The van der Waals surface area contributed by atoms with Gasteiger partial charge in [-0.15, -0.1) is 0 Å². The summed E-state index contributed by atoms with van der Waals surface area (Å²) >= 11 is 0. The molecule has 0 saturated carbocycles. The summed E-state index contributed by atoms with van der Waals surface area (Å²) in [6.07, 6.45) is 2.00. The van der Waals surface area contributed by atoms with E-state index in [0.29, 0.717) is 17.8 Å². The van der Waals surface area contributed by atoms with Crippen LogP contribution in [-0.2, 0) is 17.8 Å². The van der Waals surface area contributed by atoms with E-state index < -0.39 is 0 Å². The third kappa shape index (κ3) is 2.64. The summed E-state index contributed by atoms with van der Waals surface area (Å²) in [4.78, 5) is 23.7. The van der Waals surface area contributed by atoms with Crippen molar-refractivity contribution in [1.82, 2.24) is 4.57 Å². The number of ketones is 1. The molecule has 1 aromatic carbocycles. The molecule has 0 aliphatic heterocycles. The van der Waals surface area contributed by atoms with E-state index in [1.54, 1.807) is 12.1 Å². The van der Waals surface area contributed by atoms with E-state index in [0.717, 1.165) is 11.1 Å². The monoisotopic (exact) mass is 270 g/mol. The largest absolute Gasteiger partial charge is 0.369 e. The van der Waals surface area contributed by atoms with Gasteiger partial charge in [-0.2, -0.15) is 0 Å². The molecule has 4 heteroatoms. The number of hydrogen-bond donors (Lipinski definition) is 1. The third-order valence-corrected chi connectivity index (χ3v) is 3.39. The van der Waals surface area contributed by atoms with Crippen LogP contribution < -0.4 is 5.73 Å². The first-order valence-electron chi connectivity index (χ1n) is 6.61. The summed E-state index contributed by atoms with van der Waals surface area (Å²) < 4.78 is 1.88. The van der Waals surface area contributed by atoms with Gasteiger partial charge in [0.05, 0.1) is 12.1 Å². The molecule has 0 radical (unpaired) electrons. The third-order valence-electron chi connectivity index (χ3n) is 3.39. The first-order chi connectivity index (χ1) is 9.54. The fourth-order valence-corrected chi connectivity index (χ4v) is 2.36. The van der Waals surface area contributed by atoms with Gasteiger partial charge in [-0.3, -0.25) is 9.59 Å². The van der Waals surface area contributed by atoms with Crippen molar-refractivity contribution in [2.45, 2.75) is 26.8 Å². The number of primary amides is 1. The predicted molar refractivity (Wildman–Crippen MR) is 77.6 cm³/mol. The molecular formula is C16H18N2O2. The van der Waals surface area contributed by atoms with Crippen molar-refractivity contribution >= 4 is 11.7 Å². The first kappa shape index (κ1) is 14.1. The maximum atomic E-state index is 12.6. The SMILES string of the molecule is CCn1cc(CC(N)=O)c(C)c1C(=O)c1ccccc1. The molecule has 0 aliphatic carbocycles. The highest BCUT2D eigenvalue weighted by molar-refractivity contribution is 6.09. The number of carbonyl (C=O) groups excluding carboxylic acids is 2. The van der Waals surface area contributed by atoms with Crippen molar-refractivity contribution in [2.24, 2.45) is 5.73 Å². The van der Waals surface area contributed by atoms with Crippen LogP contribution in [0.4, 0.5) is 0 Å². The van der Waals surface area contributed by atoms with Gasteiger partial charge < -0.3 is 10.3 Å². The zero-order valence-corrected chi connectivity index (χ0v) is 11.7. The Labute approximate surface area is 118 Å². The van der Waals surface area contributed by atoms with Gasteiger partial charge in [-0.1, -0.05) is 30.3 Å². The molecule has 4 nitrogen and oxygen atoms in total. The number of nitrogens with zero attached hydrogens (tertiary/aromatic N) is 1. The summed E-state index contributed by atoms with van der Waals surface area (Å²) in [6, 6.07) is 9.14. The van der Waals surface area contributed by atoms with Crippen LogP contribution in [0.15, 0.2) is 36.5 Å². The van der Waals surface area contributed by atoms with Gasteiger partial charge in [0.25, 0.3) is 0 Å². The van der Waals surface area contributed by atoms with Crippen molar-refractivity contribution in [1.29, 1.82) is 0 Å². The van der Waals surface area contributed by atoms with E-state index in [9.17, 15) is 9.59 Å². The maximum Gasteiger partial charge on any atom is 0.221 e. The highest BCUT2D eigenvalue weighted by Gasteiger charge is 2.20. The summed E-state index contributed by atoms with van der Waals surface area (Å²) in [5, 5.41) is 0. The van der Waals surface area contributed by atoms with Gasteiger partial charge in [-0.05, 0) is 25.0 Å². The Hall–Kier alpha value is -2.36. The molecule has 0 saturated heterocycles. The molecular weight excluding hydrogens is 252 g/mol. The number of aromatic nitrogens is 1. The van der Waals surface area contributed by atoms with E-state index in [4.69, 9.17) is 5.73 Å². The van der Waals surface area contributed by atoms with Crippen LogP contribution in [0.1, 0.15) is 34.1 Å². The van der Waals surface area contributed by atoms with E-state index >= 15 is 0 Å². The van der Waals surface area contributed by atoms with Crippen LogP contribution in [0.3, 0.4) is 0 Å². The Balaban J connectivity index is 2.48. The van der Waals surface area contributed by atoms with Crippen LogP contribution in [0.2, 0.25) is 0 Å². The molecule has 1 aromatic heterocycles. The Morgan fingerprint density at radius 1 is 1.20 bits per heavy atom. The molecule has 2 aromatic rings. The number of hydrogen-bond acceptors (Lipinski definition) is 2. The van der Waals surface area contributed by atoms with Gasteiger partial charge in [0, 0.05) is 18.3 Å². The second kappa shape index (κ2) is 5.74. The predicted octanol–water partition coefficient (Wildman–Crippen LogP) is 2.08. The van der Waals surface area contributed by atoms with Crippen molar-refractivity contribution in [3.05, 3.63) is 58.9 Å². The molecule has 104 valence electrons. The van der Waals surface area contributed by atoms with Crippen LogP contribution in [-0.4, -0.2) is 16.3 Å². The van der Waals surface area contributed by atoms with Crippen molar-refractivity contribution in [3.8, 4) is 0 Å². The Bertz CT molecular complexity index is 642.